The van der Waals surface area contributed by atoms with Crippen molar-refractivity contribution in [3.63, 3.8) is 0 Å². The molecule has 18 heavy (non-hydrogen) atoms. The Balaban J connectivity index is 2.35. The summed E-state index contributed by atoms with van der Waals surface area (Å²) in [5.74, 6) is 1.85. The molecule has 0 heterocycles. The molecule has 0 amide bonds. The van der Waals surface area contributed by atoms with Gasteiger partial charge in [0.15, 0.2) is 0 Å². The molecule has 1 N–H and O–H groups in total. The molecule has 4 heteroatoms. The van der Waals surface area contributed by atoms with Crippen LogP contribution in [-0.4, -0.2) is 30.6 Å². The molecule has 3 nitrogen and oxygen atoms in total. The number of hydrogen-bond acceptors (Lipinski definition) is 3. The van der Waals surface area contributed by atoms with Gasteiger partial charge >= 0.3 is 0 Å². The predicted molar refractivity (Wildman–Crippen MR) is 75.3 cm³/mol. The molecular formula is C14H28O3S. The number of rotatable bonds is 6. The molecule has 0 saturated heterocycles. The van der Waals surface area contributed by atoms with E-state index < -0.39 is 15.4 Å². The lowest BCUT2D eigenvalue weighted by Crippen LogP contribution is -2.35. The van der Waals surface area contributed by atoms with E-state index in [2.05, 4.69) is 13.8 Å². The summed E-state index contributed by atoms with van der Waals surface area (Å²) in [7, 11) is -2.88. The van der Waals surface area contributed by atoms with Gasteiger partial charge in [0.05, 0.1) is 11.4 Å². The van der Waals surface area contributed by atoms with Crippen LogP contribution in [0.5, 0.6) is 0 Å². The summed E-state index contributed by atoms with van der Waals surface area (Å²) in [6.07, 6.45) is 5.06. The zero-order valence-corrected chi connectivity index (χ0v) is 12.8. The molecular weight excluding hydrogens is 248 g/mol. The molecule has 0 spiro atoms. The zero-order valence-electron chi connectivity index (χ0n) is 12.0. The average Bonchev–Trinajstić information content (AvgIpc) is 2.29. The Kier molecular flexibility index (Phi) is 5.66. The maximum atomic E-state index is 11.4. The van der Waals surface area contributed by atoms with E-state index in [0.29, 0.717) is 18.8 Å². The van der Waals surface area contributed by atoms with E-state index >= 15 is 0 Å². The largest absolute Gasteiger partial charge is 0.390 e. The fourth-order valence-corrected chi connectivity index (χ4v) is 3.73. The van der Waals surface area contributed by atoms with Crippen molar-refractivity contribution in [2.45, 2.75) is 64.9 Å². The third-order valence-electron chi connectivity index (χ3n) is 4.44. The molecule has 1 saturated carbocycles. The lowest BCUT2D eigenvalue weighted by Gasteiger charge is -2.37. The van der Waals surface area contributed by atoms with Crippen LogP contribution in [0.25, 0.3) is 0 Å². The van der Waals surface area contributed by atoms with Crippen molar-refractivity contribution in [1.82, 2.24) is 0 Å². The van der Waals surface area contributed by atoms with Crippen LogP contribution in [0.1, 0.15) is 59.3 Å². The molecule has 1 aliphatic rings. The molecule has 0 aromatic heterocycles. The van der Waals surface area contributed by atoms with Gasteiger partial charge in [0.2, 0.25) is 0 Å². The van der Waals surface area contributed by atoms with Gasteiger partial charge in [0.25, 0.3) is 0 Å². The number of sulfone groups is 1. The summed E-state index contributed by atoms with van der Waals surface area (Å²) in [5, 5.41) is 10.4. The first-order chi connectivity index (χ1) is 8.28. The van der Waals surface area contributed by atoms with Crippen LogP contribution in [0.2, 0.25) is 0 Å². The van der Waals surface area contributed by atoms with Crippen LogP contribution >= 0.6 is 0 Å². The van der Waals surface area contributed by atoms with E-state index in [1.807, 2.05) is 0 Å². The van der Waals surface area contributed by atoms with E-state index in [0.717, 1.165) is 31.6 Å². The van der Waals surface area contributed by atoms with Crippen LogP contribution in [0, 0.1) is 11.8 Å². The lowest BCUT2D eigenvalue weighted by molar-refractivity contribution is -0.0222. The van der Waals surface area contributed by atoms with Gasteiger partial charge in [0.1, 0.15) is 9.84 Å². The normalized spacial score (nSPS) is 29.7. The second-order valence-electron chi connectivity index (χ2n) is 6.15. The quantitative estimate of drug-likeness (QED) is 0.811. The van der Waals surface area contributed by atoms with Crippen LogP contribution in [0.15, 0.2) is 0 Å². The van der Waals surface area contributed by atoms with Crippen molar-refractivity contribution in [3.8, 4) is 0 Å². The smallest absolute Gasteiger partial charge is 0.150 e. The van der Waals surface area contributed by atoms with Crippen LogP contribution in [0.3, 0.4) is 0 Å². The van der Waals surface area contributed by atoms with Crippen LogP contribution in [0.4, 0.5) is 0 Å². The van der Waals surface area contributed by atoms with E-state index in [4.69, 9.17) is 0 Å². The van der Waals surface area contributed by atoms with E-state index in [-0.39, 0.29) is 11.5 Å². The third-order valence-corrected chi connectivity index (χ3v) is 6.23. The fraction of sp³-hybridized carbons (Fsp3) is 1.00. The van der Waals surface area contributed by atoms with Crippen LogP contribution in [-0.2, 0) is 9.84 Å². The highest BCUT2D eigenvalue weighted by Crippen LogP contribution is 2.38. The molecule has 0 radical (unpaired) electrons. The summed E-state index contributed by atoms with van der Waals surface area (Å²) >= 11 is 0. The molecule has 0 unspecified atom stereocenters. The van der Waals surface area contributed by atoms with Crippen molar-refractivity contribution in [3.05, 3.63) is 0 Å². The van der Waals surface area contributed by atoms with Gasteiger partial charge < -0.3 is 5.11 Å². The van der Waals surface area contributed by atoms with Crippen molar-refractivity contribution in [2.75, 3.05) is 11.5 Å². The van der Waals surface area contributed by atoms with Gasteiger partial charge in [-0.2, -0.15) is 0 Å². The average molecular weight is 276 g/mol. The Labute approximate surface area is 112 Å². The molecule has 1 fully saturated rings. The molecule has 0 aliphatic heterocycles. The standard InChI is InChI=1S/C14H28O3S/c1-4-18(16,17)11-5-8-14(15)9-6-13(7-10-14)12(2)3/h12-13,15H,4-11H2,1-3H3. The summed E-state index contributed by atoms with van der Waals surface area (Å²) < 4.78 is 22.8. The van der Waals surface area contributed by atoms with Crippen molar-refractivity contribution < 1.29 is 13.5 Å². The maximum Gasteiger partial charge on any atom is 0.150 e. The summed E-state index contributed by atoms with van der Waals surface area (Å²) in [4.78, 5) is 0. The Morgan fingerprint density at radius 2 is 1.83 bits per heavy atom. The van der Waals surface area contributed by atoms with Gasteiger partial charge in [-0.3, -0.25) is 0 Å². The molecule has 0 aromatic carbocycles. The minimum atomic E-state index is -2.88. The number of hydrogen-bond donors (Lipinski definition) is 1. The predicted octanol–water partition coefficient (Wildman–Crippen LogP) is 2.78. The van der Waals surface area contributed by atoms with Gasteiger partial charge in [-0.25, -0.2) is 8.42 Å². The van der Waals surface area contributed by atoms with Gasteiger partial charge in [0, 0.05) is 5.75 Å². The monoisotopic (exact) mass is 276 g/mol. The highest BCUT2D eigenvalue weighted by atomic mass is 32.2. The molecule has 1 rings (SSSR count). The molecule has 0 atom stereocenters. The van der Waals surface area contributed by atoms with E-state index in [1.165, 1.54) is 0 Å². The van der Waals surface area contributed by atoms with E-state index in [9.17, 15) is 13.5 Å². The van der Waals surface area contributed by atoms with Crippen molar-refractivity contribution >= 4 is 9.84 Å². The Hall–Kier alpha value is -0.0900. The molecule has 108 valence electrons. The first-order valence-electron chi connectivity index (χ1n) is 7.21. The highest BCUT2D eigenvalue weighted by molar-refractivity contribution is 7.91. The molecule has 1 aliphatic carbocycles. The third kappa shape index (κ3) is 4.88. The van der Waals surface area contributed by atoms with E-state index in [1.54, 1.807) is 6.92 Å². The minimum Gasteiger partial charge on any atom is -0.390 e. The zero-order chi connectivity index (χ0) is 13.8. The summed E-state index contributed by atoms with van der Waals surface area (Å²) in [5.41, 5.74) is -0.603. The topological polar surface area (TPSA) is 54.4 Å². The number of aliphatic hydroxyl groups is 1. The lowest BCUT2D eigenvalue weighted by atomic mass is 9.73. The van der Waals surface area contributed by atoms with Crippen molar-refractivity contribution in [1.29, 1.82) is 0 Å². The van der Waals surface area contributed by atoms with Crippen LogP contribution < -0.4 is 0 Å². The SMILES string of the molecule is CCS(=O)(=O)CCCC1(O)CCC(C(C)C)CC1. The Morgan fingerprint density at radius 3 is 2.28 bits per heavy atom. The maximum absolute atomic E-state index is 11.4. The molecule has 0 bridgehead atoms. The first kappa shape index (κ1) is 16.0. The second-order valence-corrected chi connectivity index (χ2v) is 8.62. The Bertz CT molecular complexity index is 338. The summed E-state index contributed by atoms with van der Waals surface area (Å²) in [6.45, 7) is 6.16. The van der Waals surface area contributed by atoms with Crippen molar-refractivity contribution in [2.24, 2.45) is 11.8 Å². The fourth-order valence-electron chi connectivity index (χ4n) is 2.86. The van der Waals surface area contributed by atoms with Gasteiger partial charge in [-0.05, 0) is 50.4 Å². The first-order valence-corrected chi connectivity index (χ1v) is 9.03. The van der Waals surface area contributed by atoms with Gasteiger partial charge in [-0.15, -0.1) is 0 Å². The highest BCUT2D eigenvalue weighted by Gasteiger charge is 2.33. The van der Waals surface area contributed by atoms with Gasteiger partial charge in [-0.1, -0.05) is 20.8 Å². The Morgan fingerprint density at radius 1 is 1.28 bits per heavy atom. The molecule has 0 aromatic rings. The second kappa shape index (κ2) is 6.38. The minimum absolute atomic E-state index is 0.209. The summed E-state index contributed by atoms with van der Waals surface area (Å²) in [6, 6.07) is 0.